The Hall–Kier alpha value is -0.160. The first-order valence-electron chi connectivity index (χ1n) is 6.36. The summed E-state index contributed by atoms with van der Waals surface area (Å²) in [5, 5.41) is 0. The highest BCUT2D eigenvalue weighted by Gasteiger charge is 2.32. The normalized spacial score (nSPS) is 26.6. The first kappa shape index (κ1) is 14.9. The average molecular weight is 245 g/mol. The summed E-state index contributed by atoms with van der Waals surface area (Å²) >= 11 is 0. The lowest BCUT2D eigenvalue weighted by atomic mass is 10.1. The molecule has 1 aliphatic rings. The fourth-order valence-electron chi connectivity index (χ4n) is 2.11. The van der Waals surface area contributed by atoms with Crippen LogP contribution in [0.3, 0.4) is 0 Å². The molecule has 0 aromatic carbocycles. The van der Waals surface area contributed by atoms with Gasteiger partial charge in [0.1, 0.15) is 0 Å². The zero-order valence-corrected chi connectivity index (χ0v) is 11.9. The van der Waals surface area contributed by atoms with Crippen molar-refractivity contribution >= 4 is 0 Å². The number of ether oxygens (including phenoxy) is 3. The van der Waals surface area contributed by atoms with E-state index >= 15 is 0 Å². The quantitative estimate of drug-likeness (QED) is 0.710. The Morgan fingerprint density at radius 2 is 1.94 bits per heavy atom. The topological polar surface area (TPSA) is 30.9 Å². The Morgan fingerprint density at radius 1 is 1.24 bits per heavy atom. The number of rotatable bonds is 6. The first-order valence-corrected chi connectivity index (χ1v) is 6.36. The fraction of sp³-hybridized carbons (Fsp3) is 1.00. The monoisotopic (exact) mass is 245 g/mol. The second-order valence-corrected chi connectivity index (χ2v) is 5.66. The molecule has 0 aliphatic carbocycles. The van der Waals surface area contributed by atoms with Crippen LogP contribution in [0.5, 0.6) is 0 Å². The van der Waals surface area contributed by atoms with Crippen LogP contribution >= 0.6 is 0 Å². The van der Waals surface area contributed by atoms with Gasteiger partial charge in [-0.1, -0.05) is 0 Å². The third-order valence-electron chi connectivity index (χ3n) is 3.11. The molecule has 4 nitrogen and oxygen atoms in total. The predicted octanol–water partition coefficient (Wildman–Crippen LogP) is 1.54. The van der Waals surface area contributed by atoms with Crippen LogP contribution in [-0.2, 0) is 14.2 Å². The van der Waals surface area contributed by atoms with Gasteiger partial charge in [-0.05, 0) is 27.2 Å². The van der Waals surface area contributed by atoms with Gasteiger partial charge in [0.05, 0.1) is 24.9 Å². The molecular formula is C13H27NO3. The van der Waals surface area contributed by atoms with Crippen LogP contribution in [0.4, 0.5) is 0 Å². The molecule has 1 rings (SSSR count). The molecule has 0 saturated carbocycles. The van der Waals surface area contributed by atoms with E-state index in [-0.39, 0.29) is 5.60 Å². The van der Waals surface area contributed by atoms with Gasteiger partial charge in [-0.3, -0.25) is 4.90 Å². The lowest BCUT2D eigenvalue weighted by Gasteiger charge is -2.27. The van der Waals surface area contributed by atoms with Gasteiger partial charge < -0.3 is 14.2 Å². The molecule has 0 unspecified atom stereocenters. The van der Waals surface area contributed by atoms with Crippen molar-refractivity contribution in [2.24, 2.45) is 0 Å². The van der Waals surface area contributed by atoms with E-state index in [9.17, 15) is 0 Å². The summed E-state index contributed by atoms with van der Waals surface area (Å²) in [5.41, 5.74) is -0.0713. The van der Waals surface area contributed by atoms with E-state index in [0.717, 1.165) is 32.7 Å². The molecular weight excluding hydrogens is 218 g/mol. The molecule has 17 heavy (non-hydrogen) atoms. The SMILES string of the molecule is COCCN1C[C@H](OC)C[C@H]1COC(C)(C)C. The molecule has 2 atom stereocenters. The van der Waals surface area contributed by atoms with E-state index < -0.39 is 0 Å². The summed E-state index contributed by atoms with van der Waals surface area (Å²) in [6.45, 7) is 9.75. The van der Waals surface area contributed by atoms with Gasteiger partial charge in [0.25, 0.3) is 0 Å². The smallest absolute Gasteiger partial charge is 0.0714 e. The molecule has 0 spiro atoms. The van der Waals surface area contributed by atoms with E-state index in [0.29, 0.717) is 12.1 Å². The van der Waals surface area contributed by atoms with Crippen molar-refractivity contribution < 1.29 is 14.2 Å². The number of hydrogen-bond donors (Lipinski definition) is 0. The van der Waals surface area contributed by atoms with Gasteiger partial charge in [0, 0.05) is 33.4 Å². The van der Waals surface area contributed by atoms with Crippen molar-refractivity contribution in [3.8, 4) is 0 Å². The van der Waals surface area contributed by atoms with E-state index in [1.165, 1.54) is 0 Å². The summed E-state index contributed by atoms with van der Waals surface area (Å²) < 4.78 is 16.5. The largest absolute Gasteiger partial charge is 0.383 e. The highest BCUT2D eigenvalue weighted by atomic mass is 16.5. The lowest BCUT2D eigenvalue weighted by Crippen LogP contribution is -2.38. The van der Waals surface area contributed by atoms with Gasteiger partial charge in [-0.15, -0.1) is 0 Å². The molecule has 102 valence electrons. The average Bonchev–Trinajstić information content (AvgIpc) is 2.65. The molecule has 0 radical (unpaired) electrons. The maximum Gasteiger partial charge on any atom is 0.0714 e. The molecule has 0 bridgehead atoms. The van der Waals surface area contributed by atoms with Crippen LogP contribution < -0.4 is 0 Å². The molecule has 0 N–H and O–H groups in total. The number of methoxy groups -OCH3 is 2. The summed E-state index contributed by atoms with van der Waals surface area (Å²) in [6.07, 6.45) is 1.39. The zero-order valence-electron chi connectivity index (χ0n) is 11.9. The van der Waals surface area contributed by atoms with Gasteiger partial charge in [-0.2, -0.15) is 0 Å². The molecule has 0 aromatic heterocycles. The van der Waals surface area contributed by atoms with Crippen molar-refractivity contribution in [3.05, 3.63) is 0 Å². The summed E-state index contributed by atoms with van der Waals surface area (Å²) in [5.74, 6) is 0. The number of nitrogens with zero attached hydrogens (tertiary/aromatic N) is 1. The third kappa shape index (κ3) is 5.34. The van der Waals surface area contributed by atoms with Gasteiger partial charge >= 0.3 is 0 Å². The molecule has 0 amide bonds. The molecule has 1 heterocycles. The van der Waals surface area contributed by atoms with E-state index in [2.05, 4.69) is 25.7 Å². The van der Waals surface area contributed by atoms with Crippen molar-refractivity contribution in [2.45, 2.75) is 44.9 Å². The van der Waals surface area contributed by atoms with Crippen LogP contribution in [0.25, 0.3) is 0 Å². The van der Waals surface area contributed by atoms with Crippen LogP contribution in [0.15, 0.2) is 0 Å². The molecule has 4 heteroatoms. The second kappa shape index (κ2) is 6.69. The minimum atomic E-state index is -0.0713. The minimum Gasteiger partial charge on any atom is -0.383 e. The second-order valence-electron chi connectivity index (χ2n) is 5.66. The van der Waals surface area contributed by atoms with Crippen LogP contribution in [0.1, 0.15) is 27.2 Å². The van der Waals surface area contributed by atoms with Gasteiger partial charge in [0.2, 0.25) is 0 Å². The van der Waals surface area contributed by atoms with Crippen LogP contribution in [-0.4, -0.2) is 63.2 Å². The molecule has 0 aromatic rings. The molecule has 1 aliphatic heterocycles. The zero-order chi connectivity index (χ0) is 12.9. The first-order chi connectivity index (χ1) is 7.96. The summed E-state index contributed by atoms with van der Waals surface area (Å²) in [7, 11) is 3.52. The van der Waals surface area contributed by atoms with E-state index in [1.54, 1.807) is 14.2 Å². The number of hydrogen-bond acceptors (Lipinski definition) is 4. The van der Waals surface area contributed by atoms with Crippen LogP contribution in [0, 0.1) is 0 Å². The minimum absolute atomic E-state index is 0.0713. The Morgan fingerprint density at radius 3 is 2.47 bits per heavy atom. The number of likely N-dealkylation sites (tertiary alicyclic amines) is 1. The van der Waals surface area contributed by atoms with Gasteiger partial charge in [-0.25, -0.2) is 0 Å². The van der Waals surface area contributed by atoms with Gasteiger partial charge in [0.15, 0.2) is 0 Å². The molecule has 1 saturated heterocycles. The maximum absolute atomic E-state index is 5.88. The Kier molecular flexibility index (Phi) is 5.86. The highest BCUT2D eigenvalue weighted by molar-refractivity contribution is 4.86. The Balaban J connectivity index is 2.42. The van der Waals surface area contributed by atoms with E-state index in [4.69, 9.17) is 14.2 Å². The predicted molar refractivity (Wildman–Crippen MR) is 68.4 cm³/mol. The summed E-state index contributed by atoms with van der Waals surface area (Å²) in [4.78, 5) is 2.41. The fourth-order valence-corrected chi connectivity index (χ4v) is 2.11. The molecule has 1 fully saturated rings. The van der Waals surface area contributed by atoms with Crippen molar-refractivity contribution in [1.29, 1.82) is 0 Å². The van der Waals surface area contributed by atoms with Crippen molar-refractivity contribution in [2.75, 3.05) is 40.5 Å². The van der Waals surface area contributed by atoms with Crippen LogP contribution in [0.2, 0.25) is 0 Å². The standard InChI is InChI=1S/C13H27NO3/c1-13(2,3)17-10-11-8-12(16-5)9-14(11)6-7-15-4/h11-12H,6-10H2,1-5H3/t11-,12+/m0/s1. The summed E-state index contributed by atoms with van der Waals surface area (Å²) in [6, 6.07) is 0.453. The Bertz CT molecular complexity index is 215. The maximum atomic E-state index is 5.88. The highest BCUT2D eigenvalue weighted by Crippen LogP contribution is 2.21. The third-order valence-corrected chi connectivity index (χ3v) is 3.11. The lowest BCUT2D eigenvalue weighted by molar-refractivity contribution is -0.0304. The Labute approximate surface area is 105 Å². The van der Waals surface area contributed by atoms with Crippen molar-refractivity contribution in [1.82, 2.24) is 4.90 Å². The van der Waals surface area contributed by atoms with E-state index in [1.807, 2.05) is 0 Å². The van der Waals surface area contributed by atoms with Crippen molar-refractivity contribution in [3.63, 3.8) is 0 Å².